The molecular formula is C30H31F6N5O3. The van der Waals surface area contributed by atoms with Gasteiger partial charge in [0.1, 0.15) is 11.0 Å². The van der Waals surface area contributed by atoms with Gasteiger partial charge >= 0.3 is 18.4 Å². The van der Waals surface area contributed by atoms with Crippen LogP contribution in [0.3, 0.4) is 0 Å². The monoisotopic (exact) mass is 623 g/mol. The van der Waals surface area contributed by atoms with Crippen molar-refractivity contribution in [1.82, 2.24) is 20.1 Å². The Labute approximate surface area is 248 Å². The van der Waals surface area contributed by atoms with Gasteiger partial charge in [0.25, 0.3) is 0 Å². The summed E-state index contributed by atoms with van der Waals surface area (Å²) >= 11 is 0. The standard InChI is InChI=1S/C30H31F6N5O3/c1-26(2,3)44-25(42)41-17-6-7-18(41)12-16(11-17)23-38-39-24(43-23)27-13-28(27,30(34,35)36)15-40(14-27)21-9-8-20(29(31,32)33)22-19(21)5-4-10-37-22/h4-5,8-10,16-18H,6-7,11-15H2,1-3H3/t16?,17?,18?,27-,28-/m0/s1. The number of rotatable bonds is 3. The first kappa shape index (κ1) is 29.1. The molecule has 2 bridgehead atoms. The Hall–Kier alpha value is -3.58. The zero-order valence-corrected chi connectivity index (χ0v) is 24.3. The maximum Gasteiger partial charge on any atom is 0.418 e. The molecule has 5 heterocycles. The number of hydrogen-bond acceptors (Lipinski definition) is 7. The summed E-state index contributed by atoms with van der Waals surface area (Å²) < 4.78 is 96.8. The van der Waals surface area contributed by atoms with E-state index in [4.69, 9.17) is 9.15 Å². The van der Waals surface area contributed by atoms with Gasteiger partial charge in [-0.3, -0.25) is 4.98 Å². The average molecular weight is 624 g/mol. The zero-order chi connectivity index (χ0) is 31.4. The van der Waals surface area contributed by atoms with E-state index < -0.39 is 40.9 Å². The van der Waals surface area contributed by atoms with Crippen LogP contribution in [0.5, 0.6) is 0 Å². The van der Waals surface area contributed by atoms with Crippen LogP contribution in [-0.4, -0.2) is 63.1 Å². The molecule has 4 aliphatic rings. The summed E-state index contributed by atoms with van der Waals surface area (Å²) in [4.78, 5) is 20.0. The second kappa shape index (κ2) is 9.23. The molecule has 1 saturated carbocycles. The van der Waals surface area contributed by atoms with Crippen molar-refractivity contribution >= 4 is 22.7 Å². The summed E-state index contributed by atoms with van der Waals surface area (Å²) in [5, 5.41) is 8.48. The highest BCUT2D eigenvalue weighted by Crippen LogP contribution is 2.75. The Morgan fingerprint density at radius 2 is 1.70 bits per heavy atom. The maximum atomic E-state index is 14.7. The van der Waals surface area contributed by atoms with Gasteiger partial charge < -0.3 is 19.0 Å². The molecule has 1 aliphatic carbocycles. The number of halogens is 6. The largest absolute Gasteiger partial charge is 0.444 e. The number of piperidine rings is 2. The summed E-state index contributed by atoms with van der Waals surface area (Å²) in [6.45, 7) is 4.81. The number of hydrogen-bond donors (Lipinski definition) is 0. The Balaban J connectivity index is 1.17. The molecular weight excluding hydrogens is 592 g/mol. The summed E-state index contributed by atoms with van der Waals surface area (Å²) in [5.74, 6) is -0.0744. The molecule has 4 atom stereocenters. The van der Waals surface area contributed by atoms with Crippen molar-refractivity contribution < 1.29 is 40.3 Å². The van der Waals surface area contributed by atoms with Crippen molar-refractivity contribution in [1.29, 1.82) is 0 Å². The molecule has 2 unspecified atom stereocenters. The van der Waals surface area contributed by atoms with Crippen LogP contribution < -0.4 is 4.90 Å². The minimum absolute atomic E-state index is 0.0964. The third-order valence-electron chi connectivity index (χ3n) is 9.79. The van der Waals surface area contributed by atoms with Crippen molar-refractivity contribution in [3.05, 3.63) is 47.8 Å². The van der Waals surface area contributed by atoms with E-state index in [-0.39, 0.29) is 65.4 Å². The minimum Gasteiger partial charge on any atom is -0.444 e. The predicted molar refractivity (Wildman–Crippen MR) is 145 cm³/mol. The minimum atomic E-state index is -4.67. The number of nitrogens with zero attached hydrogens (tertiary/aromatic N) is 5. The Morgan fingerprint density at radius 3 is 2.34 bits per heavy atom. The zero-order valence-electron chi connectivity index (χ0n) is 24.3. The molecule has 236 valence electrons. The summed E-state index contributed by atoms with van der Waals surface area (Å²) in [7, 11) is 0. The van der Waals surface area contributed by atoms with E-state index in [0.717, 1.165) is 18.9 Å². The van der Waals surface area contributed by atoms with E-state index in [2.05, 4.69) is 15.2 Å². The summed E-state index contributed by atoms with van der Waals surface area (Å²) in [6.07, 6.45) is -6.05. The SMILES string of the molecule is CC(C)(C)OC(=O)N1C2CCC1CC(c1nnc([C@]34CN(c5ccc(C(F)(F)F)c6ncccc56)C[C@@]3(C(F)(F)F)C4)o1)C2. The van der Waals surface area contributed by atoms with Crippen molar-refractivity contribution in [2.24, 2.45) is 5.41 Å². The van der Waals surface area contributed by atoms with Crippen LogP contribution in [-0.2, 0) is 16.3 Å². The highest BCUT2D eigenvalue weighted by Gasteiger charge is 2.86. The van der Waals surface area contributed by atoms with Crippen molar-refractivity contribution in [2.45, 2.75) is 94.2 Å². The van der Waals surface area contributed by atoms with Gasteiger partial charge in [-0.1, -0.05) is 0 Å². The van der Waals surface area contributed by atoms with Gasteiger partial charge in [-0.25, -0.2) is 4.79 Å². The molecule has 1 amide bonds. The fourth-order valence-electron chi connectivity index (χ4n) is 7.82. The lowest BCUT2D eigenvalue weighted by molar-refractivity contribution is -0.187. The quantitative estimate of drug-likeness (QED) is 0.291. The number of carbonyl (C=O) groups is 1. The van der Waals surface area contributed by atoms with Crippen LogP contribution in [0.1, 0.15) is 76.1 Å². The Bertz CT molecular complexity index is 1620. The molecule has 3 aromatic rings. The second-order valence-corrected chi connectivity index (χ2v) is 13.6. The van der Waals surface area contributed by atoms with Crippen LogP contribution in [0.4, 0.5) is 36.8 Å². The van der Waals surface area contributed by atoms with E-state index in [1.54, 1.807) is 25.7 Å². The first-order chi connectivity index (χ1) is 20.5. The molecule has 3 saturated heterocycles. The van der Waals surface area contributed by atoms with Gasteiger partial charge in [-0.2, -0.15) is 26.3 Å². The molecule has 0 radical (unpaired) electrons. The highest BCUT2D eigenvalue weighted by atomic mass is 19.4. The fourth-order valence-corrected chi connectivity index (χ4v) is 7.82. The molecule has 0 N–H and O–H groups in total. The third kappa shape index (κ3) is 4.33. The van der Waals surface area contributed by atoms with Gasteiger partial charge in [0.05, 0.1) is 16.5 Å². The number of anilines is 1. The van der Waals surface area contributed by atoms with E-state index in [1.807, 2.05) is 0 Å². The number of alkyl halides is 6. The number of ether oxygens (including phenoxy) is 1. The Morgan fingerprint density at radius 1 is 1.00 bits per heavy atom. The number of carbonyl (C=O) groups excluding carboxylic acids is 1. The predicted octanol–water partition coefficient (Wildman–Crippen LogP) is 6.99. The normalized spacial score (nSPS) is 30.2. The van der Waals surface area contributed by atoms with E-state index in [0.29, 0.717) is 12.8 Å². The van der Waals surface area contributed by atoms with Gasteiger partial charge in [-0.05, 0) is 77.1 Å². The van der Waals surface area contributed by atoms with Gasteiger partial charge in [0.15, 0.2) is 0 Å². The van der Waals surface area contributed by atoms with E-state index >= 15 is 0 Å². The van der Waals surface area contributed by atoms with Gasteiger partial charge in [0, 0.05) is 48.4 Å². The molecule has 2 aromatic heterocycles. The lowest BCUT2D eigenvalue weighted by atomic mass is 9.91. The molecule has 3 aliphatic heterocycles. The Kier molecular flexibility index (Phi) is 6.11. The van der Waals surface area contributed by atoms with Crippen molar-refractivity contribution in [3.8, 4) is 0 Å². The smallest absolute Gasteiger partial charge is 0.418 e. The van der Waals surface area contributed by atoms with Gasteiger partial charge in [0.2, 0.25) is 11.8 Å². The molecule has 1 aromatic carbocycles. The van der Waals surface area contributed by atoms with Crippen molar-refractivity contribution in [3.63, 3.8) is 0 Å². The number of benzene rings is 1. The first-order valence-corrected chi connectivity index (χ1v) is 14.6. The van der Waals surface area contributed by atoms with Crippen LogP contribution >= 0.6 is 0 Å². The molecule has 44 heavy (non-hydrogen) atoms. The van der Waals surface area contributed by atoms with Gasteiger partial charge in [-0.15, -0.1) is 10.2 Å². The number of pyridine rings is 1. The number of aromatic nitrogens is 3. The highest BCUT2D eigenvalue weighted by molar-refractivity contribution is 5.94. The average Bonchev–Trinajstić information content (AvgIpc) is 3.24. The van der Waals surface area contributed by atoms with Crippen LogP contribution in [0, 0.1) is 5.41 Å². The first-order valence-electron chi connectivity index (χ1n) is 14.6. The summed E-state index contributed by atoms with van der Waals surface area (Å²) in [5.41, 5.74) is -5.37. The number of fused-ring (bicyclic) bond motifs is 4. The molecule has 14 heteroatoms. The third-order valence-corrected chi connectivity index (χ3v) is 9.79. The number of amides is 1. The lowest BCUT2D eigenvalue weighted by Crippen LogP contribution is -2.48. The molecule has 4 fully saturated rings. The molecule has 0 spiro atoms. The fraction of sp³-hybridized carbons (Fsp3) is 0.600. The topological polar surface area (TPSA) is 84.6 Å². The summed E-state index contributed by atoms with van der Waals surface area (Å²) in [6, 6.07) is 4.78. The molecule has 8 nitrogen and oxygen atoms in total. The van der Waals surface area contributed by atoms with E-state index in [9.17, 15) is 31.1 Å². The lowest BCUT2D eigenvalue weighted by Gasteiger charge is -2.38. The van der Waals surface area contributed by atoms with E-state index in [1.165, 1.54) is 29.3 Å². The van der Waals surface area contributed by atoms with Crippen LogP contribution in [0.25, 0.3) is 10.9 Å². The van der Waals surface area contributed by atoms with Crippen molar-refractivity contribution in [2.75, 3.05) is 18.0 Å². The van der Waals surface area contributed by atoms with Crippen LogP contribution in [0.2, 0.25) is 0 Å². The maximum absolute atomic E-state index is 14.7. The second-order valence-electron chi connectivity index (χ2n) is 13.6. The molecule has 7 rings (SSSR count). The van der Waals surface area contributed by atoms with Crippen LogP contribution in [0.15, 0.2) is 34.9 Å².